The Balaban J connectivity index is 2.19. The van der Waals surface area contributed by atoms with Crippen molar-refractivity contribution in [1.29, 1.82) is 0 Å². The summed E-state index contributed by atoms with van der Waals surface area (Å²) in [7, 11) is 4.60. The monoisotopic (exact) mass is 319 g/mol. The molecule has 0 spiro atoms. The molecular formula is C17H18FNO4. The Kier molecular flexibility index (Phi) is 5.41. The highest BCUT2D eigenvalue weighted by atomic mass is 19.1. The summed E-state index contributed by atoms with van der Waals surface area (Å²) in [5.74, 6) is 0.971. The summed E-state index contributed by atoms with van der Waals surface area (Å²) in [5.41, 5.74) is 1.06. The number of rotatable bonds is 6. The smallest absolute Gasteiger partial charge is 0.251 e. The fraction of sp³-hybridized carbons (Fsp3) is 0.235. The zero-order valence-electron chi connectivity index (χ0n) is 13.2. The minimum Gasteiger partial charge on any atom is -0.496 e. The molecule has 0 atom stereocenters. The summed E-state index contributed by atoms with van der Waals surface area (Å²) in [6.07, 6.45) is 0. The Hall–Kier alpha value is -2.76. The summed E-state index contributed by atoms with van der Waals surface area (Å²) in [4.78, 5) is 12.1. The molecule has 0 radical (unpaired) electrons. The number of carbonyl (C=O) groups excluding carboxylic acids is 1. The first-order chi connectivity index (χ1) is 11.1. The van der Waals surface area contributed by atoms with Gasteiger partial charge in [0.15, 0.2) is 0 Å². The standard InChI is InChI=1S/C17H18FNO4/c1-21-13-8-15(22-2)14(16(9-13)23-3)10-19-17(20)11-4-6-12(18)7-5-11/h4-9H,10H2,1-3H3,(H,19,20). The van der Waals surface area contributed by atoms with Gasteiger partial charge in [-0.3, -0.25) is 4.79 Å². The lowest BCUT2D eigenvalue weighted by Crippen LogP contribution is -2.23. The second-order valence-electron chi connectivity index (χ2n) is 4.70. The van der Waals surface area contributed by atoms with E-state index in [1.807, 2.05) is 0 Å². The van der Waals surface area contributed by atoms with Gasteiger partial charge in [0, 0.05) is 17.7 Å². The summed E-state index contributed by atoms with van der Waals surface area (Å²) in [6.45, 7) is 0.201. The van der Waals surface area contributed by atoms with E-state index in [2.05, 4.69) is 5.32 Å². The first-order valence-corrected chi connectivity index (χ1v) is 6.91. The molecule has 0 fully saturated rings. The number of ether oxygens (including phenoxy) is 3. The van der Waals surface area contributed by atoms with Crippen LogP contribution < -0.4 is 19.5 Å². The van der Waals surface area contributed by atoms with Crippen molar-refractivity contribution >= 4 is 5.91 Å². The maximum absolute atomic E-state index is 12.9. The Morgan fingerprint density at radius 1 is 1.00 bits per heavy atom. The SMILES string of the molecule is COc1cc(OC)c(CNC(=O)c2ccc(F)cc2)c(OC)c1. The van der Waals surface area contributed by atoms with Crippen LogP contribution in [0.4, 0.5) is 4.39 Å². The van der Waals surface area contributed by atoms with Crippen LogP contribution in [0.5, 0.6) is 17.2 Å². The number of halogens is 1. The number of carbonyl (C=O) groups is 1. The second kappa shape index (κ2) is 7.49. The van der Waals surface area contributed by atoms with E-state index < -0.39 is 0 Å². The number of hydrogen-bond acceptors (Lipinski definition) is 4. The summed E-state index contributed by atoms with van der Waals surface area (Å²) >= 11 is 0. The van der Waals surface area contributed by atoms with Crippen molar-refractivity contribution in [2.75, 3.05) is 21.3 Å². The summed E-state index contributed by atoms with van der Waals surface area (Å²) in [5, 5.41) is 2.76. The molecule has 0 aliphatic rings. The van der Waals surface area contributed by atoms with Gasteiger partial charge in [-0.15, -0.1) is 0 Å². The first-order valence-electron chi connectivity index (χ1n) is 6.91. The molecule has 6 heteroatoms. The molecule has 0 saturated carbocycles. The molecule has 1 N–H and O–H groups in total. The normalized spacial score (nSPS) is 10.1. The number of methoxy groups -OCH3 is 3. The molecule has 2 rings (SSSR count). The van der Waals surface area contributed by atoms with Crippen LogP contribution in [0.15, 0.2) is 36.4 Å². The van der Waals surface area contributed by atoms with Gasteiger partial charge in [0.1, 0.15) is 23.1 Å². The van der Waals surface area contributed by atoms with Crippen LogP contribution in [-0.2, 0) is 6.54 Å². The van der Waals surface area contributed by atoms with Crippen molar-refractivity contribution in [2.45, 2.75) is 6.54 Å². The van der Waals surface area contributed by atoms with Crippen LogP contribution in [0.1, 0.15) is 15.9 Å². The van der Waals surface area contributed by atoms with Gasteiger partial charge >= 0.3 is 0 Å². The molecule has 1 amide bonds. The summed E-state index contributed by atoms with van der Waals surface area (Å²) < 4.78 is 28.7. The zero-order chi connectivity index (χ0) is 16.8. The van der Waals surface area contributed by atoms with Gasteiger partial charge in [-0.1, -0.05) is 0 Å². The Morgan fingerprint density at radius 2 is 1.57 bits per heavy atom. The van der Waals surface area contributed by atoms with Crippen molar-refractivity contribution in [1.82, 2.24) is 5.32 Å². The molecule has 0 bridgehead atoms. The largest absolute Gasteiger partial charge is 0.496 e. The van der Waals surface area contributed by atoms with E-state index in [1.54, 1.807) is 19.2 Å². The number of amides is 1. The van der Waals surface area contributed by atoms with Crippen molar-refractivity contribution in [3.05, 3.63) is 53.3 Å². The molecule has 0 aromatic heterocycles. The molecule has 122 valence electrons. The third-order valence-corrected chi connectivity index (χ3v) is 3.35. The van der Waals surface area contributed by atoms with E-state index in [0.29, 0.717) is 28.4 Å². The molecule has 23 heavy (non-hydrogen) atoms. The number of nitrogens with one attached hydrogen (secondary N) is 1. The van der Waals surface area contributed by atoms with Gasteiger partial charge in [-0.25, -0.2) is 4.39 Å². The van der Waals surface area contributed by atoms with Crippen molar-refractivity contribution in [2.24, 2.45) is 0 Å². The van der Waals surface area contributed by atoms with Gasteiger partial charge in [-0.2, -0.15) is 0 Å². The highest BCUT2D eigenvalue weighted by Gasteiger charge is 2.15. The molecule has 0 aliphatic heterocycles. The average Bonchev–Trinajstić information content (AvgIpc) is 2.59. The maximum atomic E-state index is 12.9. The molecular weight excluding hydrogens is 301 g/mol. The molecule has 0 unspecified atom stereocenters. The van der Waals surface area contributed by atoms with E-state index >= 15 is 0 Å². The lowest BCUT2D eigenvalue weighted by molar-refractivity contribution is 0.0950. The Bertz CT molecular complexity index is 660. The van der Waals surface area contributed by atoms with Crippen molar-refractivity contribution in [3.8, 4) is 17.2 Å². The van der Waals surface area contributed by atoms with Crippen LogP contribution >= 0.6 is 0 Å². The topological polar surface area (TPSA) is 56.8 Å². The maximum Gasteiger partial charge on any atom is 0.251 e. The lowest BCUT2D eigenvalue weighted by Gasteiger charge is -2.15. The quantitative estimate of drug-likeness (QED) is 0.889. The minimum atomic E-state index is -0.389. The summed E-state index contributed by atoms with van der Waals surface area (Å²) in [6, 6.07) is 8.75. The van der Waals surface area contributed by atoms with Crippen LogP contribution in [0.3, 0.4) is 0 Å². The van der Waals surface area contributed by atoms with Gasteiger partial charge < -0.3 is 19.5 Å². The first kappa shape index (κ1) is 16.6. The van der Waals surface area contributed by atoms with Crippen LogP contribution in [0.25, 0.3) is 0 Å². The van der Waals surface area contributed by atoms with Crippen LogP contribution in [0.2, 0.25) is 0 Å². The molecule has 5 nitrogen and oxygen atoms in total. The molecule has 0 heterocycles. The van der Waals surface area contributed by atoms with E-state index in [0.717, 1.165) is 0 Å². The highest BCUT2D eigenvalue weighted by Crippen LogP contribution is 2.33. The van der Waals surface area contributed by atoms with Gasteiger partial charge in [0.2, 0.25) is 0 Å². The second-order valence-corrected chi connectivity index (χ2v) is 4.70. The number of hydrogen-bond donors (Lipinski definition) is 1. The molecule has 2 aromatic carbocycles. The molecule has 0 saturated heterocycles. The number of benzene rings is 2. The van der Waals surface area contributed by atoms with E-state index in [-0.39, 0.29) is 18.3 Å². The average molecular weight is 319 g/mol. The van der Waals surface area contributed by atoms with Crippen molar-refractivity contribution < 1.29 is 23.4 Å². The van der Waals surface area contributed by atoms with Gasteiger partial charge in [0.25, 0.3) is 5.91 Å². The third kappa shape index (κ3) is 3.91. The van der Waals surface area contributed by atoms with Gasteiger partial charge in [0.05, 0.1) is 33.4 Å². The fourth-order valence-corrected chi connectivity index (χ4v) is 2.12. The predicted octanol–water partition coefficient (Wildman–Crippen LogP) is 2.78. The predicted molar refractivity (Wildman–Crippen MR) is 83.7 cm³/mol. The zero-order valence-corrected chi connectivity index (χ0v) is 13.2. The van der Waals surface area contributed by atoms with Crippen LogP contribution in [0, 0.1) is 5.82 Å². The lowest BCUT2D eigenvalue weighted by atomic mass is 10.1. The minimum absolute atomic E-state index is 0.201. The van der Waals surface area contributed by atoms with E-state index in [1.165, 1.54) is 38.5 Å². The van der Waals surface area contributed by atoms with E-state index in [9.17, 15) is 9.18 Å². The molecule has 2 aromatic rings. The Labute approximate surface area is 134 Å². The van der Waals surface area contributed by atoms with Crippen LogP contribution in [-0.4, -0.2) is 27.2 Å². The third-order valence-electron chi connectivity index (χ3n) is 3.35. The fourth-order valence-electron chi connectivity index (χ4n) is 2.12. The van der Waals surface area contributed by atoms with Gasteiger partial charge in [-0.05, 0) is 24.3 Å². The van der Waals surface area contributed by atoms with Crippen molar-refractivity contribution in [3.63, 3.8) is 0 Å². The molecule has 0 aliphatic carbocycles. The van der Waals surface area contributed by atoms with E-state index in [4.69, 9.17) is 14.2 Å². The highest BCUT2D eigenvalue weighted by molar-refractivity contribution is 5.94. The Morgan fingerprint density at radius 3 is 2.04 bits per heavy atom.